The fourth-order valence-corrected chi connectivity index (χ4v) is 1.80. The van der Waals surface area contributed by atoms with Crippen LogP contribution in [0.4, 0.5) is 0 Å². The van der Waals surface area contributed by atoms with Gasteiger partial charge in [0.05, 0.1) is 0 Å². The Kier molecular flexibility index (Phi) is 2.42. The molecule has 1 rings (SSSR count). The van der Waals surface area contributed by atoms with Crippen LogP contribution in [0.2, 0.25) is 0 Å². The van der Waals surface area contributed by atoms with Crippen molar-refractivity contribution in [1.29, 1.82) is 0 Å². The van der Waals surface area contributed by atoms with E-state index in [9.17, 15) is 0 Å². The van der Waals surface area contributed by atoms with Crippen molar-refractivity contribution in [1.82, 2.24) is 0 Å². The van der Waals surface area contributed by atoms with Gasteiger partial charge in [-0.1, -0.05) is 0 Å². The third-order valence-corrected chi connectivity index (χ3v) is 2.77. The SMILES string of the molecule is CSCCC1(N)CCC1. The van der Waals surface area contributed by atoms with Gasteiger partial charge in [-0.3, -0.25) is 0 Å². The molecule has 0 aromatic carbocycles. The topological polar surface area (TPSA) is 26.0 Å². The third-order valence-electron chi connectivity index (χ3n) is 2.15. The molecule has 0 aliphatic heterocycles. The second-order valence-electron chi connectivity index (χ2n) is 2.96. The van der Waals surface area contributed by atoms with Gasteiger partial charge in [-0.25, -0.2) is 0 Å². The largest absolute Gasteiger partial charge is 0.325 e. The van der Waals surface area contributed by atoms with Gasteiger partial charge in [-0.2, -0.15) is 11.8 Å². The Bertz CT molecular complexity index is 88.9. The Morgan fingerprint density at radius 2 is 2.22 bits per heavy atom. The molecule has 0 aromatic rings. The minimum absolute atomic E-state index is 0.253. The molecule has 1 saturated carbocycles. The average Bonchev–Trinajstić information content (AvgIpc) is 1.79. The molecule has 0 saturated heterocycles. The zero-order chi connectivity index (χ0) is 6.74. The van der Waals surface area contributed by atoms with Gasteiger partial charge >= 0.3 is 0 Å². The van der Waals surface area contributed by atoms with E-state index in [1.54, 1.807) is 0 Å². The van der Waals surface area contributed by atoms with Crippen LogP contribution in [0.1, 0.15) is 25.7 Å². The highest BCUT2D eigenvalue weighted by atomic mass is 32.2. The lowest BCUT2D eigenvalue weighted by molar-refractivity contribution is 0.242. The van der Waals surface area contributed by atoms with Gasteiger partial charge in [0.15, 0.2) is 0 Å². The molecule has 1 fully saturated rings. The van der Waals surface area contributed by atoms with E-state index >= 15 is 0 Å². The van der Waals surface area contributed by atoms with Crippen molar-refractivity contribution < 1.29 is 0 Å². The second kappa shape index (κ2) is 2.93. The standard InChI is InChI=1S/C7H15NS/c1-9-6-5-7(8)3-2-4-7/h2-6,8H2,1H3. The monoisotopic (exact) mass is 145 g/mol. The van der Waals surface area contributed by atoms with Gasteiger partial charge in [-0.05, 0) is 37.7 Å². The van der Waals surface area contributed by atoms with E-state index in [0.717, 1.165) is 0 Å². The first kappa shape index (κ1) is 7.42. The summed E-state index contributed by atoms with van der Waals surface area (Å²) in [5.74, 6) is 1.23. The summed E-state index contributed by atoms with van der Waals surface area (Å²) in [6.07, 6.45) is 7.22. The number of thioether (sulfide) groups is 1. The maximum Gasteiger partial charge on any atom is 0.0162 e. The zero-order valence-electron chi connectivity index (χ0n) is 6.02. The first-order valence-corrected chi connectivity index (χ1v) is 4.94. The van der Waals surface area contributed by atoms with Gasteiger partial charge in [0.1, 0.15) is 0 Å². The lowest BCUT2D eigenvalue weighted by Crippen LogP contribution is -2.46. The molecule has 9 heavy (non-hydrogen) atoms. The van der Waals surface area contributed by atoms with Crippen molar-refractivity contribution in [3.05, 3.63) is 0 Å². The number of hydrogen-bond acceptors (Lipinski definition) is 2. The summed E-state index contributed by atoms with van der Waals surface area (Å²) < 4.78 is 0. The second-order valence-corrected chi connectivity index (χ2v) is 3.94. The van der Waals surface area contributed by atoms with Crippen LogP contribution >= 0.6 is 11.8 Å². The molecule has 54 valence electrons. The molecule has 0 unspecified atom stereocenters. The highest BCUT2D eigenvalue weighted by molar-refractivity contribution is 7.98. The maximum absolute atomic E-state index is 5.98. The Labute approximate surface area is 61.4 Å². The molecule has 0 spiro atoms. The van der Waals surface area contributed by atoms with Crippen molar-refractivity contribution in [2.75, 3.05) is 12.0 Å². The van der Waals surface area contributed by atoms with Crippen LogP contribution in [0.25, 0.3) is 0 Å². The fourth-order valence-electron chi connectivity index (χ4n) is 1.19. The number of rotatable bonds is 3. The van der Waals surface area contributed by atoms with Crippen LogP contribution < -0.4 is 5.73 Å². The Balaban J connectivity index is 2.09. The summed E-state index contributed by atoms with van der Waals surface area (Å²) in [7, 11) is 0. The Morgan fingerprint density at radius 3 is 2.56 bits per heavy atom. The highest BCUT2D eigenvalue weighted by Crippen LogP contribution is 2.32. The van der Waals surface area contributed by atoms with Crippen LogP contribution in [0, 0.1) is 0 Å². The van der Waals surface area contributed by atoms with E-state index < -0.39 is 0 Å². The predicted molar refractivity (Wildman–Crippen MR) is 43.8 cm³/mol. The smallest absolute Gasteiger partial charge is 0.0162 e. The van der Waals surface area contributed by atoms with E-state index in [0.29, 0.717) is 0 Å². The van der Waals surface area contributed by atoms with Gasteiger partial charge in [0.2, 0.25) is 0 Å². The first-order valence-electron chi connectivity index (χ1n) is 3.55. The molecule has 0 atom stereocenters. The van der Waals surface area contributed by atoms with Crippen LogP contribution in [0.3, 0.4) is 0 Å². The van der Waals surface area contributed by atoms with Crippen LogP contribution in [0.15, 0.2) is 0 Å². The Morgan fingerprint density at radius 1 is 1.56 bits per heavy atom. The molecule has 2 N–H and O–H groups in total. The van der Waals surface area contributed by atoms with E-state index in [1.807, 2.05) is 11.8 Å². The summed E-state index contributed by atoms with van der Waals surface area (Å²) in [5.41, 5.74) is 6.23. The molecule has 0 amide bonds. The summed E-state index contributed by atoms with van der Waals surface area (Å²) in [6.45, 7) is 0. The molecular weight excluding hydrogens is 130 g/mol. The minimum Gasteiger partial charge on any atom is -0.325 e. The molecule has 2 heteroatoms. The van der Waals surface area contributed by atoms with Gasteiger partial charge in [0, 0.05) is 5.54 Å². The molecule has 0 heterocycles. The maximum atomic E-state index is 5.98. The van der Waals surface area contributed by atoms with Crippen molar-refractivity contribution in [2.24, 2.45) is 5.73 Å². The molecule has 1 aliphatic carbocycles. The molecular formula is C7H15NS. The lowest BCUT2D eigenvalue weighted by Gasteiger charge is -2.38. The fraction of sp³-hybridized carbons (Fsp3) is 1.00. The quantitative estimate of drug-likeness (QED) is 0.653. The van der Waals surface area contributed by atoms with Crippen LogP contribution in [-0.2, 0) is 0 Å². The zero-order valence-corrected chi connectivity index (χ0v) is 6.84. The molecule has 0 radical (unpaired) electrons. The predicted octanol–water partition coefficient (Wildman–Crippen LogP) is 1.62. The summed E-state index contributed by atoms with van der Waals surface area (Å²) in [5, 5.41) is 0. The van der Waals surface area contributed by atoms with Crippen LogP contribution in [0.5, 0.6) is 0 Å². The number of nitrogens with two attached hydrogens (primary N) is 1. The van der Waals surface area contributed by atoms with Crippen molar-refractivity contribution in [3.63, 3.8) is 0 Å². The van der Waals surface area contributed by atoms with Gasteiger partial charge in [0.25, 0.3) is 0 Å². The Hall–Kier alpha value is 0.310. The molecule has 1 nitrogen and oxygen atoms in total. The highest BCUT2D eigenvalue weighted by Gasteiger charge is 2.31. The average molecular weight is 145 g/mol. The van der Waals surface area contributed by atoms with E-state index in [2.05, 4.69) is 6.26 Å². The van der Waals surface area contributed by atoms with E-state index in [-0.39, 0.29) is 5.54 Å². The molecule has 1 aliphatic rings. The summed E-state index contributed by atoms with van der Waals surface area (Å²) >= 11 is 1.90. The minimum atomic E-state index is 0.253. The normalized spacial score (nSPS) is 23.3. The van der Waals surface area contributed by atoms with E-state index in [1.165, 1.54) is 31.4 Å². The third kappa shape index (κ3) is 1.87. The number of hydrogen-bond donors (Lipinski definition) is 1. The van der Waals surface area contributed by atoms with E-state index in [4.69, 9.17) is 5.73 Å². The summed E-state index contributed by atoms with van der Waals surface area (Å²) in [6, 6.07) is 0. The van der Waals surface area contributed by atoms with Crippen molar-refractivity contribution in [2.45, 2.75) is 31.2 Å². The van der Waals surface area contributed by atoms with Gasteiger partial charge in [-0.15, -0.1) is 0 Å². The van der Waals surface area contributed by atoms with Gasteiger partial charge < -0.3 is 5.73 Å². The molecule has 0 aromatic heterocycles. The van der Waals surface area contributed by atoms with Crippen molar-refractivity contribution >= 4 is 11.8 Å². The summed E-state index contributed by atoms with van der Waals surface area (Å²) in [4.78, 5) is 0. The van der Waals surface area contributed by atoms with Crippen molar-refractivity contribution in [3.8, 4) is 0 Å². The van der Waals surface area contributed by atoms with Crippen LogP contribution in [-0.4, -0.2) is 17.5 Å². The lowest BCUT2D eigenvalue weighted by atomic mass is 9.76. The molecule has 0 bridgehead atoms. The first-order chi connectivity index (χ1) is 4.27.